The minimum atomic E-state index is -0.0459. The van der Waals surface area contributed by atoms with Crippen LogP contribution < -0.4 is 10.1 Å². The highest BCUT2D eigenvalue weighted by Gasteiger charge is 2.11. The van der Waals surface area contributed by atoms with Gasteiger partial charge in [0.15, 0.2) is 0 Å². The molecule has 1 atom stereocenters. The summed E-state index contributed by atoms with van der Waals surface area (Å²) in [7, 11) is 0. The molecule has 118 valence electrons. The second kappa shape index (κ2) is 7.94. The van der Waals surface area contributed by atoms with Crippen LogP contribution in [-0.2, 0) is 4.79 Å². The van der Waals surface area contributed by atoms with E-state index in [1.807, 2.05) is 50.4 Å². The molecule has 0 bridgehead atoms. The van der Waals surface area contributed by atoms with Crippen molar-refractivity contribution in [3.63, 3.8) is 0 Å². The molecule has 1 aromatic heterocycles. The van der Waals surface area contributed by atoms with E-state index < -0.39 is 0 Å². The highest BCUT2D eigenvalue weighted by molar-refractivity contribution is 7.09. The van der Waals surface area contributed by atoms with Crippen LogP contribution in [0.3, 0.4) is 0 Å². The average Bonchev–Trinajstić information content (AvgIpc) is 2.92. The highest BCUT2D eigenvalue weighted by atomic mass is 32.1. The molecule has 2 rings (SSSR count). The number of aromatic nitrogens is 1. The molecule has 0 radical (unpaired) electrons. The Morgan fingerprint density at radius 3 is 2.68 bits per heavy atom. The van der Waals surface area contributed by atoms with Crippen LogP contribution >= 0.6 is 11.3 Å². The van der Waals surface area contributed by atoms with E-state index in [2.05, 4.69) is 10.3 Å². The largest absolute Gasteiger partial charge is 0.494 e. The predicted octanol–water partition coefficient (Wildman–Crippen LogP) is 3.80. The Bertz CT molecular complexity index is 607. The Labute approximate surface area is 135 Å². The van der Waals surface area contributed by atoms with Crippen molar-refractivity contribution in [2.75, 3.05) is 6.61 Å². The lowest BCUT2D eigenvalue weighted by atomic mass is 10.2. The van der Waals surface area contributed by atoms with Gasteiger partial charge in [-0.2, -0.15) is 0 Å². The Morgan fingerprint density at radius 1 is 1.32 bits per heavy atom. The zero-order chi connectivity index (χ0) is 15.9. The van der Waals surface area contributed by atoms with Crippen molar-refractivity contribution >= 4 is 17.2 Å². The van der Waals surface area contributed by atoms with Gasteiger partial charge < -0.3 is 10.1 Å². The molecule has 1 amide bonds. The van der Waals surface area contributed by atoms with Gasteiger partial charge in [-0.05, 0) is 39.3 Å². The van der Waals surface area contributed by atoms with Crippen molar-refractivity contribution in [3.8, 4) is 5.75 Å². The third-order valence-electron chi connectivity index (χ3n) is 3.30. The number of ether oxygens (including phenoxy) is 1. The standard InChI is InChI=1S/C17H22N2O2S/c1-12-6-8-15(9-7-12)21-10-4-5-17(20)18-13(2)16-11-22-14(3)19-16/h6-9,11,13H,4-5,10H2,1-3H3,(H,18,20). The van der Waals surface area contributed by atoms with E-state index in [9.17, 15) is 4.79 Å². The van der Waals surface area contributed by atoms with E-state index in [-0.39, 0.29) is 11.9 Å². The summed E-state index contributed by atoms with van der Waals surface area (Å²) >= 11 is 1.60. The van der Waals surface area contributed by atoms with E-state index in [0.29, 0.717) is 19.4 Å². The van der Waals surface area contributed by atoms with Gasteiger partial charge in [-0.25, -0.2) is 4.98 Å². The number of carbonyl (C=O) groups is 1. The van der Waals surface area contributed by atoms with Crippen molar-refractivity contribution in [2.45, 2.75) is 39.7 Å². The van der Waals surface area contributed by atoms with Crippen molar-refractivity contribution in [2.24, 2.45) is 0 Å². The van der Waals surface area contributed by atoms with Crippen LogP contribution in [0.1, 0.15) is 42.1 Å². The fraction of sp³-hybridized carbons (Fsp3) is 0.412. The minimum Gasteiger partial charge on any atom is -0.494 e. The zero-order valence-corrected chi connectivity index (χ0v) is 14.1. The Kier molecular flexibility index (Phi) is 5.95. The second-order valence-electron chi connectivity index (χ2n) is 5.35. The van der Waals surface area contributed by atoms with Gasteiger partial charge in [-0.1, -0.05) is 17.7 Å². The minimum absolute atomic E-state index is 0.0330. The number of hydrogen-bond acceptors (Lipinski definition) is 4. The SMILES string of the molecule is Cc1ccc(OCCCC(=O)NC(C)c2csc(C)n2)cc1. The number of thiazole rings is 1. The van der Waals surface area contributed by atoms with Crippen molar-refractivity contribution in [3.05, 3.63) is 45.9 Å². The smallest absolute Gasteiger partial charge is 0.220 e. The lowest BCUT2D eigenvalue weighted by Gasteiger charge is -2.12. The van der Waals surface area contributed by atoms with Gasteiger partial charge in [0.05, 0.1) is 23.4 Å². The molecule has 2 aromatic rings. The molecule has 0 saturated carbocycles. The summed E-state index contributed by atoms with van der Waals surface area (Å²) in [6.07, 6.45) is 1.15. The monoisotopic (exact) mass is 318 g/mol. The summed E-state index contributed by atoms with van der Waals surface area (Å²) in [5.41, 5.74) is 2.13. The molecule has 1 N–H and O–H groups in total. The van der Waals surface area contributed by atoms with Crippen LogP contribution in [0.2, 0.25) is 0 Å². The van der Waals surface area contributed by atoms with Crippen LogP contribution in [0.15, 0.2) is 29.6 Å². The Balaban J connectivity index is 1.66. The van der Waals surface area contributed by atoms with Crippen LogP contribution in [-0.4, -0.2) is 17.5 Å². The van der Waals surface area contributed by atoms with E-state index in [0.717, 1.165) is 16.5 Å². The van der Waals surface area contributed by atoms with E-state index in [1.165, 1.54) is 5.56 Å². The summed E-state index contributed by atoms with van der Waals surface area (Å²) < 4.78 is 5.61. The topological polar surface area (TPSA) is 51.2 Å². The second-order valence-corrected chi connectivity index (χ2v) is 6.41. The molecule has 0 aliphatic heterocycles. The van der Waals surface area contributed by atoms with Crippen LogP contribution in [0.25, 0.3) is 0 Å². The molecule has 4 nitrogen and oxygen atoms in total. The molecular formula is C17H22N2O2S. The van der Waals surface area contributed by atoms with Gasteiger partial charge in [-0.3, -0.25) is 4.79 Å². The molecule has 1 heterocycles. The van der Waals surface area contributed by atoms with Crippen molar-refractivity contribution in [1.82, 2.24) is 10.3 Å². The number of carbonyl (C=O) groups excluding carboxylic acids is 1. The molecular weight excluding hydrogens is 296 g/mol. The summed E-state index contributed by atoms with van der Waals surface area (Å²) in [4.78, 5) is 16.3. The summed E-state index contributed by atoms with van der Waals surface area (Å²) in [5, 5.41) is 5.97. The highest BCUT2D eigenvalue weighted by Crippen LogP contribution is 2.16. The van der Waals surface area contributed by atoms with E-state index >= 15 is 0 Å². The van der Waals surface area contributed by atoms with Crippen molar-refractivity contribution < 1.29 is 9.53 Å². The predicted molar refractivity (Wildman–Crippen MR) is 89.3 cm³/mol. The van der Waals surface area contributed by atoms with Crippen LogP contribution in [0.4, 0.5) is 0 Å². The summed E-state index contributed by atoms with van der Waals surface area (Å²) in [6, 6.07) is 7.87. The lowest BCUT2D eigenvalue weighted by molar-refractivity contribution is -0.122. The first-order valence-corrected chi connectivity index (χ1v) is 8.33. The van der Waals surface area contributed by atoms with Crippen molar-refractivity contribution in [1.29, 1.82) is 0 Å². The molecule has 0 fully saturated rings. The molecule has 22 heavy (non-hydrogen) atoms. The number of amides is 1. The number of hydrogen-bond donors (Lipinski definition) is 1. The van der Waals surface area contributed by atoms with Crippen LogP contribution in [0, 0.1) is 13.8 Å². The number of aryl methyl sites for hydroxylation is 2. The van der Waals surface area contributed by atoms with E-state index in [4.69, 9.17) is 4.74 Å². The van der Waals surface area contributed by atoms with Crippen LogP contribution in [0.5, 0.6) is 5.75 Å². The summed E-state index contributed by atoms with van der Waals surface area (Å²) in [5.74, 6) is 0.878. The van der Waals surface area contributed by atoms with Gasteiger partial charge in [-0.15, -0.1) is 11.3 Å². The number of benzene rings is 1. The normalized spacial score (nSPS) is 12.0. The first-order valence-electron chi connectivity index (χ1n) is 7.45. The third kappa shape index (κ3) is 5.15. The zero-order valence-electron chi connectivity index (χ0n) is 13.3. The van der Waals surface area contributed by atoms with Gasteiger partial charge in [0, 0.05) is 11.8 Å². The Hall–Kier alpha value is -1.88. The Morgan fingerprint density at radius 2 is 2.05 bits per heavy atom. The summed E-state index contributed by atoms with van der Waals surface area (Å²) in [6.45, 7) is 6.50. The molecule has 0 aliphatic carbocycles. The van der Waals surface area contributed by atoms with Gasteiger partial charge in [0.25, 0.3) is 0 Å². The lowest BCUT2D eigenvalue weighted by Crippen LogP contribution is -2.27. The first-order chi connectivity index (χ1) is 10.5. The molecule has 0 saturated heterocycles. The molecule has 0 spiro atoms. The maximum absolute atomic E-state index is 11.9. The van der Waals surface area contributed by atoms with Gasteiger partial charge >= 0.3 is 0 Å². The fourth-order valence-corrected chi connectivity index (χ4v) is 2.73. The van der Waals surface area contributed by atoms with E-state index in [1.54, 1.807) is 11.3 Å². The number of nitrogens with one attached hydrogen (secondary N) is 1. The van der Waals surface area contributed by atoms with Gasteiger partial charge in [0.1, 0.15) is 5.75 Å². The molecule has 1 unspecified atom stereocenters. The molecule has 5 heteroatoms. The number of rotatable bonds is 7. The fourth-order valence-electron chi connectivity index (χ4n) is 2.02. The third-order valence-corrected chi connectivity index (χ3v) is 4.09. The molecule has 0 aliphatic rings. The average molecular weight is 318 g/mol. The number of nitrogens with zero attached hydrogens (tertiary/aromatic N) is 1. The maximum atomic E-state index is 11.9. The first kappa shape index (κ1) is 16.5. The maximum Gasteiger partial charge on any atom is 0.220 e. The quantitative estimate of drug-likeness (QED) is 0.790. The molecule has 1 aromatic carbocycles. The van der Waals surface area contributed by atoms with Gasteiger partial charge in [0.2, 0.25) is 5.91 Å².